The average molecular weight is 316 g/mol. The van der Waals surface area contributed by atoms with Gasteiger partial charge in [-0.15, -0.1) is 0 Å². The van der Waals surface area contributed by atoms with Crippen LogP contribution in [0.4, 0.5) is 4.39 Å². The summed E-state index contributed by atoms with van der Waals surface area (Å²) < 4.78 is 45.5. The second-order valence-corrected chi connectivity index (χ2v) is 6.95. The largest absolute Gasteiger partial charge is 0.378 e. The van der Waals surface area contributed by atoms with Crippen molar-refractivity contribution in [1.82, 2.24) is 4.31 Å². The zero-order valence-electron chi connectivity index (χ0n) is 12.1. The first-order chi connectivity index (χ1) is 9.98. The number of nitrogens with two attached hydrogens (primary N) is 1. The van der Waals surface area contributed by atoms with Gasteiger partial charge in [-0.1, -0.05) is 0 Å². The molecule has 1 fully saturated rings. The van der Waals surface area contributed by atoms with E-state index in [9.17, 15) is 12.8 Å². The van der Waals surface area contributed by atoms with Gasteiger partial charge in [-0.3, -0.25) is 0 Å². The van der Waals surface area contributed by atoms with Gasteiger partial charge in [-0.25, -0.2) is 12.8 Å². The molecule has 0 aromatic heterocycles. The topological polar surface area (TPSA) is 72.6 Å². The monoisotopic (exact) mass is 316 g/mol. The van der Waals surface area contributed by atoms with Crippen LogP contribution in [0.1, 0.15) is 25.3 Å². The van der Waals surface area contributed by atoms with Crippen molar-refractivity contribution in [3.8, 4) is 0 Å². The third kappa shape index (κ3) is 3.60. The van der Waals surface area contributed by atoms with Crippen molar-refractivity contribution in [3.05, 3.63) is 29.6 Å². The molecule has 5 nitrogen and oxygen atoms in total. The van der Waals surface area contributed by atoms with E-state index in [4.69, 9.17) is 10.5 Å². The van der Waals surface area contributed by atoms with Gasteiger partial charge in [0.1, 0.15) is 5.82 Å². The van der Waals surface area contributed by atoms with E-state index in [2.05, 4.69) is 0 Å². The molecule has 0 saturated carbocycles. The quantitative estimate of drug-likeness (QED) is 0.893. The molecule has 1 aliphatic heterocycles. The number of hydrogen-bond donors (Lipinski definition) is 1. The van der Waals surface area contributed by atoms with Crippen molar-refractivity contribution in [3.63, 3.8) is 0 Å². The van der Waals surface area contributed by atoms with Crippen LogP contribution >= 0.6 is 0 Å². The first kappa shape index (κ1) is 16.4. The fraction of sp³-hybridized carbons (Fsp3) is 0.571. The third-order valence-corrected chi connectivity index (χ3v) is 5.57. The number of hydrogen-bond acceptors (Lipinski definition) is 4. The molecule has 2 rings (SSSR count). The zero-order chi connectivity index (χ0) is 15.5. The number of nitrogens with zero attached hydrogens (tertiary/aromatic N) is 1. The van der Waals surface area contributed by atoms with Crippen LogP contribution < -0.4 is 5.73 Å². The number of rotatable bonds is 5. The van der Waals surface area contributed by atoms with Gasteiger partial charge in [-0.2, -0.15) is 4.31 Å². The summed E-state index contributed by atoms with van der Waals surface area (Å²) in [5.41, 5.74) is 5.64. The molecule has 1 aromatic rings. The predicted octanol–water partition coefficient (Wildman–Crippen LogP) is 1.47. The van der Waals surface area contributed by atoms with Crippen LogP contribution in [0.15, 0.2) is 23.1 Å². The first-order valence-electron chi connectivity index (χ1n) is 7.09. The second kappa shape index (κ2) is 6.83. The summed E-state index contributed by atoms with van der Waals surface area (Å²) in [4.78, 5) is 0.0965. The van der Waals surface area contributed by atoms with Gasteiger partial charge in [-0.05, 0) is 38.0 Å². The Balaban J connectivity index is 2.15. The smallest absolute Gasteiger partial charge is 0.243 e. The summed E-state index contributed by atoms with van der Waals surface area (Å²) in [6.07, 6.45) is 1.48. The van der Waals surface area contributed by atoms with Crippen molar-refractivity contribution in [2.24, 2.45) is 5.73 Å². The number of halogens is 1. The molecule has 0 amide bonds. The molecular formula is C14H21FN2O3S. The Kier molecular flexibility index (Phi) is 5.32. The maximum Gasteiger partial charge on any atom is 0.243 e. The van der Waals surface area contributed by atoms with Gasteiger partial charge in [0.2, 0.25) is 10.0 Å². The highest BCUT2D eigenvalue weighted by Gasteiger charge is 2.29. The lowest BCUT2D eigenvalue weighted by Crippen LogP contribution is -2.40. The Bertz CT molecular complexity index is 584. The molecule has 7 heteroatoms. The number of ether oxygens (including phenoxy) is 1. The van der Waals surface area contributed by atoms with E-state index in [1.807, 2.05) is 6.92 Å². The van der Waals surface area contributed by atoms with Crippen LogP contribution in [-0.4, -0.2) is 38.5 Å². The number of piperidine rings is 1. The molecule has 21 heavy (non-hydrogen) atoms. The van der Waals surface area contributed by atoms with Crippen molar-refractivity contribution >= 4 is 10.0 Å². The maximum absolute atomic E-state index is 13.4. The van der Waals surface area contributed by atoms with Crippen molar-refractivity contribution in [1.29, 1.82) is 0 Å². The molecule has 118 valence electrons. The molecule has 2 N–H and O–H groups in total. The van der Waals surface area contributed by atoms with Gasteiger partial charge in [0.15, 0.2) is 0 Å². The lowest BCUT2D eigenvalue weighted by Gasteiger charge is -2.31. The Morgan fingerprint density at radius 3 is 2.62 bits per heavy atom. The molecule has 0 spiro atoms. The van der Waals surface area contributed by atoms with Crippen LogP contribution in [0.3, 0.4) is 0 Å². The Morgan fingerprint density at radius 1 is 1.38 bits per heavy atom. The molecule has 0 radical (unpaired) electrons. The summed E-state index contributed by atoms with van der Waals surface area (Å²) in [5.74, 6) is -0.480. The first-order valence-corrected chi connectivity index (χ1v) is 8.53. The molecule has 1 aliphatic rings. The van der Waals surface area contributed by atoms with Gasteiger partial charge in [0, 0.05) is 31.8 Å². The van der Waals surface area contributed by atoms with Gasteiger partial charge in [0.25, 0.3) is 0 Å². The molecule has 0 unspecified atom stereocenters. The van der Waals surface area contributed by atoms with E-state index in [-0.39, 0.29) is 23.1 Å². The maximum atomic E-state index is 13.4. The second-order valence-electron chi connectivity index (χ2n) is 5.02. The summed E-state index contributed by atoms with van der Waals surface area (Å²) in [5, 5.41) is 0. The van der Waals surface area contributed by atoms with Crippen LogP contribution in [0.25, 0.3) is 0 Å². The van der Waals surface area contributed by atoms with Crippen LogP contribution in [0.5, 0.6) is 0 Å². The van der Waals surface area contributed by atoms with Crippen LogP contribution in [0.2, 0.25) is 0 Å². The van der Waals surface area contributed by atoms with E-state index in [1.165, 1.54) is 16.4 Å². The molecule has 0 aliphatic carbocycles. The molecule has 0 bridgehead atoms. The van der Waals surface area contributed by atoms with E-state index in [0.29, 0.717) is 32.5 Å². The van der Waals surface area contributed by atoms with E-state index < -0.39 is 15.8 Å². The number of benzene rings is 1. The SMILES string of the molecule is CCOC1CCN(S(=O)(=O)c2ccc(F)c(CN)c2)CC1. The van der Waals surface area contributed by atoms with Crippen molar-refractivity contribution < 1.29 is 17.5 Å². The van der Waals surface area contributed by atoms with Crippen LogP contribution in [-0.2, 0) is 21.3 Å². The third-order valence-electron chi connectivity index (χ3n) is 3.68. The summed E-state index contributed by atoms with van der Waals surface area (Å²) >= 11 is 0. The highest BCUT2D eigenvalue weighted by molar-refractivity contribution is 7.89. The van der Waals surface area contributed by atoms with Gasteiger partial charge in [0.05, 0.1) is 11.0 Å². The van der Waals surface area contributed by atoms with Crippen molar-refractivity contribution in [2.45, 2.75) is 37.3 Å². The summed E-state index contributed by atoms with van der Waals surface area (Å²) in [7, 11) is -3.59. The minimum atomic E-state index is -3.59. The fourth-order valence-electron chi connectivity index (χ4n) is 2.49. The molecule has 1 heterocycles. The minimum Gasteiger partial charge on any atom is -0.378 e. The molecule has 1 saturated heterocycles. The predicted molar refractivity (Wildman–Crippen MR) is 77.7 cm³/mol. The highest BCUT2D eigenvalue weighted by atomic mass is 32.2. The lowest BCUT2D eigenvalue weighted by molar-refractivity contribution is 0.0290. The average Bonchev–Trinajstić information content (AvgIpc) is 2.48. The molecular weight excluding hydrogens is 295 g/mol. The van der Waals surface area contributed by atoms with Gasteiger partial charge < -0.3 is 10.5 Å². The summed E-state index contributed by atoms with van der Waals surface area (Å²) in [6.45, 7) is 3.37. The Hall–Kier alpha value is -1.02. The van der Waals surface area contributed by atoms with E-state index in [1.54, 1.807) is 0 Å². The normalized spacial score (nSPS) is 18.0. The van der Waals surface area contributed by atoms with Crippen molar-refractivity contribution in [2.75, 3.05) is 19.7 Å². The fourth-order valence-corrected chi connectivity index (χ4v) is 4.01. The summed E-state index contributed by atoms with van der Waals surface area (Å²) in [6, 6.07) is 3.76. The van der Waals surface area contributed by atoms with E-state index in [0.717, 1.165) is 6.07 Å². The lowest BCUT2D eigenvalue weighted by atomic mass is 10.1. The molecule has 0 atom stereocenters. The van der Waals surface area contributed by atoms with Crippen LogP contribution in [0, 0.1) is 5.82 Å². The van der Waals surface area contributed by atoms with Gasteiger partial charge >= 0.3 is 0 Å². The van der Waals surface area contributed by atoms with E-state index >= 15 is 0 Å². The minimum absolute atomic E-state index is 0.0262. The highest BCUT2D eigenvalue weighted by Crippen LogP contribution is 2.23. The zero-order valence-corrected chi connectivity index (χ0v) is 12.9. The Morgan fingerprint density at radius 2 is 2.05 bits per heavy atom. The standard InChI is InChI=1S/C14H21FN2O3S/c1-2-20-12-5-7-17(8-6-12)21(18,19)13-3-4-14(15)11(9-13)10-16/h3-4,9,12H,2,5-8,10,16H2,1H3. The Labute approximate surface area is 124 Å². The number of sulfonamides is 1. The molecule has 1 aromatic carbocycles.